The molecule has 0 aliphatic heterocycles. The summed E-state index contributed by atoms with van der Waals surface area (Å²) in [6, 6.07) is 17.8. The molecule has 2 aromatic carbocycles. The lowest BCUT2D eigenvalue weighted by atomic mass is 10.1. The van der Waals surface area contributed by atoms with E-state index >= 15 is 0 Å². The zero-order valence-electron chi connectivity index (χ0n) is 14.8. The standard InChI is InChI=1S/C21H25N3O2/c25-20(22-14-6-9-16-7-2-1-3-8-16)15-23-19-11-5-4-10-18(19)21(26)24-17-12-13-17/h1-5,7-8,10-11,17,23H,6,9,12-15H2,(H,22,25)(H,24,26). The third-order valence-corrected chi connectivity index (χ3v) is 4.33. The van der Waals surface area contributed by atoms with Gasteiger partial charge in [-0.05, 0) is 43.4 Å². The highest BCUT2D eigenvalue weighted by Crippen LogP contribution is 2.21. The van der Waals surface area contributed by atoms with Gasteiger partial charge in [0.05, 0.1) is 12.1 Å². The Morgan fingerprint density at radius 2 is 1.69 bits per heavy atom. The first-order valence-electron chi connectivity index (χ1n) is 9.17. The van der Waals surface area contributed by atoms with Gasteiger partial charge in [0.25, 0.3) is 5.91 Å². The Hall–Kier alpha value is -2.82. The molecule has 0 unspecified atom stereocenters. The number of carbonyl (C=O) groups excluding carboxylic acids is 2. The van der Waals surface area contributed by atoms with Crippen LogP contribution in [-0.2, 0) is 11.2 Å². The third-order valence-electron chi connectivity index (χ3n) is 4.33. The maximum Gasteiger partial charge on any atom is 0.253 e. The van der Waals surface area contributed by atoms with Gasteiger partial charge in [-0.25, -0.2) is 0 Å². The molecule has 0 heterocycles. The fourth-order valence-corrected chi connectivity index (χ4v) is 2.73. The monoisotopic (exact) mass is 351 g/mol. The number of rotatable bonds is 9. The zero-order valence-corrected chi connectivity index (χ0v) is 14.8. The summed E-state index contributed by atoms with van der Waals surface area (Å²) in [5.41, 5.74) is 2.54. The Labute approximate surface area is 154 Å². The summed E-state index contributed by atoms with van der Waals surface area (Å²) in [6.07, 6.45) is 3.94. The molecule has 5 nitrogen and oxygen atoms in total. The lowest BCUT2D eigenvalue weighted by Crippen LogP contribution is -2.32. The van der Waals surface area contributed by atoms with Crippen LogP contribution in [0.25, 0.3) is 0 Å². The number of hydrogen-bond donors (Lipinski definition) is 3. The molecule has 5 heteroatoms. The van der Waals surface area contributed by atoms with Crippen LogP contribution in [-0.4, -0.2) is 30.9 Å². The van der Waals surface area contributed by atoms with E-state index in [0.717, 1.165) is 25.7 Å². The van der Waals surface area contributed by atoms with Crippen LogP contribution in [0.15, 0.2) is 54.6 Å². The summed E-state index contributed by atoms with van der Waals surface area (Å²) < 4.78 is 0. The van der Waals surface area contributed by atoms with Crippen LogP contribution in [0.2, 0.25) is 0 Å². The van der Waals surface area contributed by atoms with E-state index in [9.17, 15) is 9.59 Å². The highest BCUT2D eigenvalue weighted by atomic mass is 16.2. The highest BCUT2D eigenvalue weighted by molar-refractivity contribution is 6.00. The topological polar surface area (TPSA) is 70.2 Å². The van der Waals surface area contributed by atoms with Gasteiger partial charge in [0.15, 0.2) is 0 Å². The first-order valence-corrected chi connectivity index (χ1v) is 9.17. The second kappa shape index (κ2) is 9.04. The Morgan fingerprint density at radius 3 is 2.46 bits per heavy atom. The second-order valence-electron chi connectivity index (χ2n) is 6.59. The molecule has 0 radical (unpaired) electrons. The average molecular weight is 351 g/mol. The fraction of sp³-hybridized carbons (Fsp3) is 0.333. The minimum Gasteiger partial charge on any atom is -0.376 e. The van der Waals surface area contributed by atoms with E-state index in [4.69, 9.17) is 0 Å². The van der Waals surface area contributed by atoms with Gasteiger partial charge in [-0.1, -0.05) is 42.5 Å². The number of aryl methyl sites for hydroxylation is 1. The van der Waals surface area contributed by atoms with Gasteiger partial charge in [-0.3, -0.25) is 9.59 Å². The van der Waals surface area contributed by atoms with Gasteiger partial charge in [0, 0.05) is 18.3 Å². The summed E-state index contributed by atoms with van der Waals surface area (Å²) >= 11 is 0. The molecule has 0 aromatic heterocycles. The summed E-state index contributed by atoms with van der Waals surface area (Å²) in [5.74, 6) is -0.158. The lowest BCUT2D eigenvalue weighted by Gasteiger charge is -2.12. The predicted octanol–water partition coefficient (Wildman–Crippen LogP) is 2.74. The zero-order chi connectivity index (χ0) is 18.2. The maximum absolute atomic E-state index is 12.3. The molecule has 1 aliphatic carbocycles. The molecule has 0 spiro atoms. The van der Waals surface area contributed by atoms with Crippen molar-refractivity contribution in [1.29, 1.82) is 0 Å². The normalized spacial score (nSPS) is 13.1. The van der Waals surface area contributed by atoms with Gasteiger partial charge in [0.2, 0.25) is 5.91 Å². The molecule has 3 rings (SSSR count). The molecule has 2 amide bonds. The molecule has 2 aromatic rings. The Balaban J connectivity index is 1.40. The Morgan fingerprint density at radius 1 is 0.962 bits per heavy atom. The van der Waals surface area contributed by atoms with E-state index < -0.39 is 0 Å². The quantitative estimate of drug-likeness (QED) is 0.609. The molecular formula is C21H25N3O2. The molecule has 1 fully saturated rings. The molecule has 26 heavy (non-hydrogen) atoms. The average Bonchev–Trinajstić information content (AvgIpc) is 3.48. The van der Waals surface area contributed by atoms with E-state index in [1.165, 1.54) is 5.56 Å². The van der Waals surface area contributed by atoms with Crippen LogP contribution >= 0.6 is 0 Å². The van der Waals surface area contributed by atoms with Crippen molar-refractivity contribution in [1.82, 2.24) is 10.6 Å². The molecule has 0 atom stereocenters. The summed E-state index contributed by atoms with van der Waals surface area (Å²) in [5, 5.41) is 8.96. The number of nitrogens with one attached hydrogen (secondary N) is 3. The minimum absolute atomic E-state index is 0.0736. The van der Waals surface area contributed by atoms with Crippen LogP contribution in [0, 0.1) is 0 Å². The van der Waals surface area contributed by atoms with Crippen molar-refractivity contribution in [3.63, 3.8) is 0 Å². The molecule has 1 saturated carbocycles. The first kappa shape index (κ1) is 18.0. The molecule has 136 valence electrons. The lowest BCUT2D eigenvalue weighted by molar-refractivity contribution is -0.119. The van der Waals surface area contributed by atoms with E-state index in [1.54, 1.807) is 6.07 Å². The van der Waals surface area contributed by atoms with Crippen LogP contribution < -0.4 is 16.0 Å². The number of para-hydroxylation sites is 1. The van der Waals surface area contributed by atoms with Crippen molar-refractivity contribution in [3.8, 4) is 0 Å². The number of benzene rings is 2. The summed E-state index contributed by atoms with van der Waals surface area (Å²) in [6.45, 7) is 0.790. The largest absolute Gasteiger partial charge is 0.376 e. The fourth-order valence-electron chi connectivity index (χ4n) is 2.73. The Kier molecular flexibility index (Phi) is 6.25. The summed E-state index contributed by atoms with van der Waals surface area (Å²) in [4.78, 5) is 24.3. The number of anilines is 1. The molecule has 1 aliphatic rings. The van der Waals surface area contributed by atoms with Crippen molar-refractivity contribution < 1.29 is 9.59 Å². The van der Waals surface area contributed by atoms with Crippen LogP contribution in [0.5, 0.6) is 0 Å². The van der Waals surface area contributed by atoms with E-state index in [2.05, 4.69) is 28.1 Å². The van der Waals surface area contributed by atoms with Crippen LogP contribution in [0.1, 0.15) is 35.2 Å². The third kappa shape index (κ3) is 5.62. The van der Waals surface area contributed by atoms with Gasteiger partial charge in [0.1, 0.15) is 0 Å². The Bertz CT molecular complexity index is 742. The SMILES string of the molecule is O=C(CNc1ccccc1C(=O)NC1CC1)NCCCc1ccccc1. The van der Waals surface area contributed by atoms with Crippen molar-refractivity contribution >= 4 is 17.5 Å². The van der Waals surface area contributed by atoms with Crippen molar-refractivity contribution in [2.75, 3.05) is 18.4 Å². The van der Waals surface area contributed by atoms with Gasteiger partial charge >= 0.3 is 0 Å². The number of amides is 2. The first-order chi connectivity index (χ1) is 12.7. The van der Waals surface area contributed by atoms with E-state index in [1.807, 2.05) is 36.4 Å². The predicted molar refractivity (Wildman–Crippen MR) is 103 cm³/mol. The van der Waals surface area contributed by atoms with Crippen molar-refractivity contribution in [3.05, 3.63) is 65.7 Å². The molecule has 0 bridgehead atoms. The number of carbonyl (C=O) groups is 2. The van der Waals surface area contributed by atoms with E-state index in [0.29, 0.717) is 23.8 Å². The number of hydrogen-bond acceptors (Lipinski definition) is 3. The molecular weight excluding hydrogens is 326 g/mol. The minimum atomic E-state index is -0.0844. The smallest absolute Gasteiger partial charge is 0.253 e. The maximum atomic E-state index is 12.3. The van der Waals surface area contributed by atoms with Crippen LogP contribution in [0.4, 0.5) is 5.69 Å². The summed E-state index contributed by atoms with van der Waals surface area (Å²) in [7, 11) is 0. The highest BCUT2D eigenvalue weighted by Gasteiger charge is 2.24. The van der Waals surface area contributed by atoms with Gasteiger partial charge < -0.3 is 16.0 Å². The molecule has 3 N–H and O–H groups in total. The van der Waals surface area contributed by atoms with Crippen molar-refractivity contribution in [2.45, 2.75) is 31.7 Å². The van der Waals surface area contributed by atoms with Crippen LogP contribution in [0.3, 0.4) is 0 Å². The van der Waals surface area contributed by atoms with Gasteiger partial charge in [-0.2, -0.15) is 0 Å². The van der Waals surface area contributed by atoms with Gasteiger partial charge in [-0.15, -0.1) is 0 Å². The van der Waals surface area contributed by atoms with Crippen molar-refractivity contribution in [2.24, 2.45) is 0 Å². The van der Waals surface area contributed by atoms with E-state index in [-0.39, 0.29) is 18.4 Å². The molecule has 0 saturated heterocycles. The second-order valence-corrected chi connectivity index (χ2v) is 6.59.